The van der Waals surface area contributed by atoms with Crippen LogP contribution in [0.25, 0.3) is 0 Å². The van der Waals surface area contributed by atoms with E-state index in [4.69, 9.17) is 0 Å². The first-order valence-corrected chi connectivity index (χ1v) is 7.39. The van der Waals surface area contributed by atoms with Gasteiger partial charge in [-0.15, -0.1) is 0 Å². The molecule has 20 heavy (non-hydrogen) atoms. The fourth-order valence-electron chi connectivity index (χ4n) is 2.24. The Kier molecular flexibility index (Phi) is 4.60. The van der Waals surface area contributed by atoms with Gasteiger partial charge in [-0.25, -0.2) is 4.39 Å². The Bertz CT molecular complexity index is 625. The van der Waals surface area contributed by atoms with Gasteiger partial charge >= 0.3 is 0 Å². The number of halogens is 2. The highest BCUT2D eigenvalue weighted by atomic mass is 79.9. The van der Waals surface area contributed by atoms with Crippen LogP contribution in [-0.4, -0.2) is 14.9 Å². The van der Waals surface area contributed by atoms with Gasteiger partial charge in [0.1, 0.15) is 5.82 Å². The maximum absolute atomic E-state index is 13.3. The van der Waals surface area contributed by atoms with E-state index >= 15 is 0 Å². The standard InChI is InChI=1S/C15H18BrFN2O/c1-4-19-13(15(16)10(3)18-19)8-14(20)11-5-6-12(17)9(2)7-11/h5-7,14,20H,4,8H2,1-3H3. The number of nitrogens with zero attached hydrogens (tertiary/aromatic N) is 2. The van der Waals surface area contributed by atoms with Gasteiger partial charge in [0, 0.05) is 13.0 Å². The number of hydrogen-bond donors (Lipinski definition) is 1. The molecule has 0 aliphatic rings. The Hall–Kier alpha value is -1.20. The summed E-state index contributed by atoms with van der Waals surface area (Å²) in [6.07, 6.45) is -0.229. The number of aromatic nitrogens is 2. The number of hydrogen-bond acceptors (Lipinski definition) is 2. The van der Waals surface area contributed by atoms with Crippen molar-refractivity contribution in [3.05, 3.63) is 51.0 Å². The Balaban J connectivity index is 2.27. The molecule has 0 bridgehead atoms. The molecular formula is C15H18BrFN2O. The minimum Gasteiger partial charge on any atom is -0.388 e. The summed E-state index contributed by atoms with van der Waals surface area (Å²) in [4.78, 5) is 0. The molecule has 0 saturated carbocycles. The van der Waals surface area contributed by atoms with Crippen LogP contribution in [0.15, 0.2) is 22.7 Å². The zero-order chi connectivity index (χ0) is 14.9. The minimum atomic E-state index is -0.674. The maximum atomic E-state index is 13.3. The van der Waals surface area contributed by atoms with Crippen molar-refractivity contribution >= 4 is 15.9 Å². The molecule has 0 amide bonds. The summed E-state index contributed by atoms with van der Waals surface area (Å²) in [5.41, 5.74) is 3.13. The highest BCUT2D eigenvalue weighted by molar-refractivity contribution is 9.10. The van der Waals surface area contributed by atoms with Crippen molar-refractivity contribution in [2.24, 2.45) is 0 Å². The SMILES string of the molecule is CCn1nc(C)c(Br)c1CC(O)c1ccc(F)c(C)c1. The van der Waals surface area contributed by atoms with Crippen molar-refractivity contribution in [2.45, 2.75) is 39.8 Å². The monoisotopic (exact) mass is 340 g/mol. The van der Waals surface area contributed by atoms with E-state index in [1.54, 1.807) is 19.1 Å². The minimum absolute atomic E-state index is 0.253. The molecule has 108 valence electrons. The summed E-state index contributed by atoms with van der Waals surface area (Å²) >= 11 is 3.51. The highest BCUT2D eigenvalue weighted by Crippen LogP contribution is 2.27. The van der Waals surface area contributed by atoms with Crippen molar-refractivity contribution in [1.82, 2.24) is 9.78 Å². The number of aryl methyl sites for hydroxylation is 3. The zero-order valence-corrected chi connectivity index (χ0v) is 13.4. The van der Waals surface area contributed by atoms with Crippen molar-refractivity contribution in [3.63, 3.8) is 0 Å². The lowest BCUT2D eigenvalue weighted by Crippen LogP contribution is -2.09. The summed E-state index contributed by atoms with van der Waals surface area (Å²) in [5, 5.41) is 14.8. The van der Waals surface area contributed by atoms with Gasteiger partial charge in [0.2, 0.25) is 0 Å². The van der Waals surface area contributed by atoms with E-state index in [1.807, 2.05) is 18.5 Å². The molecule has 1 unspecified atom stereocenters. The maximum Gasteiger partial charge on any atom is 0.126 e. The summed E-state index contributed by atoms with van der Waals surface area (Å²) in [6.45, 7) is 6.38. The molecule has 0 aliphatic carbocycles. The van der Waals surface area contributed by atoms with Crippen molar-refractivity contribution in [1.29, 1.82) is 0 Å². The van der Waals surface area contributed by atoms with E-state index < -0.39 is 6.10 Å². The van der Waals surface area contributed by atoms with Crippen molar-refractivity contribution < 1.29 is 9.50 Å². The van der Waals surface area contributed by atoms with Crippen LogP contribution in [0.1, 0.15) is 35.5 Å². The Morgan fingerprint density at radius 3 is 2.70 bits per heavy atom. The Morgan fingerprint density at radius 1 is 1.40 bits per heavy atom. The van der Waals surface area contributed by atoms with E-state index in [0.29, 0.717) is 12.0 Å². The summed E-state index contributed by atoms with van der Waals surface area (Å²) < 4.78 is 16.1. The van der Waals surface area contributed by atoms with Crippen LogP contribution in [-0.2, 0) is 13.0 Å². The third-order valence-corrected chi connectivity index (χ3v) is 4.44. The highest BCUT2D eigenvalue weighted by Gasteiger charge is 2.17. The Morgan fingerprint density at radius 2 is 2.10 bits per heavy atom. The quantitative estimate of drug-likeness (QED) is 0.921. The molecule has 0 spiro atoms. The van der Waals surface area contributed by atoms with E-state index in [-0.39, 0.29) is 5.82 Å². The predicted octanol–water partition coefficient (Wildman–Crippen LogP) is 3.70. The first-order chi connectivity index (χ1) is 9.43. The molecule has 1 N–H and O–H groups in total. The molecule has 1 aromatic carbocycles. The van der Waals surface area contributed by atoms with Crippen LogP contribution in [0.2, 0.25) is 0 Å². The van der Waals surface area contributed by atoms with E-state index in [1.165, 1.54) is 6.07 Å². The largest absolute Gasteiger partial charge is 0.388 e. The Labute approximate surface area is 126 Å². The van der Waals surface area contributed by atoms with Crippen LogP contribution in [0, 0.1) is 19.7 Å². The van der Waals surface area contributed by atoms with Gasteiger partial charge < -0.3 is 5.11 Å². The number of benzene rings is 1. The van der Waals surface area contributed by atoms with E-state index in [9.17, 15) is 9.50 Å². The first kappa shape index (κ1) is 15.2. The van der Waals surface area contributed by atoms with Crippen LogP contribution in [0.5, 0.6) is 0 Å². The topological polar surface area (TPSA) is 38.0 Å². The first-order valence-electron chi connectivity index (χ1n) is 6.60. The normalized spacial score (nSPS) is 12.7. The molecule has 0 radical (unpaired) electrons. The fraction of sp³-hybridized carbons (Fsp3) is 0.400. The van der Waals surface area contributed by atoms with Gasteiger partial charge in [0.25, 0.3) is 0 Å². The molecule has 0 fully saturated rings. The van der Waals surface area contributed by atoms with E-state index in [2.05, 4.69) is 21.0 Å². The second kappa shape index (κ2) is 6.06. The lowest BCUT2D eigenvalue weighted by Gasteiger charge is -2.13. The van der Waals surface area contributed by atoms with Gasteiger partial charge in [-0.1, -0.05) is 12.1 Å². The van der Waals surface area contributed by atoms with Gasteiger partial charge in [0.05, 0.1) is 22.0 Å². The van der Waals surface area contributed by atoms with Crippen molar-refractivity contribution in [2.75, 3.05) is 0 Å². The third kappa shape index (κ3) is 2.94. The lowest BCUT2D eigenvalue weighted by atomic mass is 10.0. The molecule has 0 saturated heterocycles. The average Bonchev–Trinajstić information content (AvgIpc) is 2.69. The van der Waals surface area contributed by atoms with Crippen LogP contribution >= 0.6 is 15.9 Å². The molecule has 2 rings (SSSR count). The van der Waals surface area contributed by atoms with Crippen LogP contribution in [0.4, 0.5) is 4.39 Å². The van der Waals surface area contributed by atoms with Gasteiger partial charge in [-0.05, 0) is 53.9 Å². The van der Waals surface area contributed by atoms with Gasteiger partial charge in [-0.3, -0.25) is 4.68 Å². The van der Waals surface area contributed by atoms with Gasteiger partial charge in [0.15, 0.2) is 0 Å². The van der Waals surface area contributed by atoms with E-state index in [0.717, 1.165) is 28.0 Å². The fourth-order valence-corrected chi connectivity index (χ4v) is 2.69. The smallest absolute Gasteiger partial charge is 0.126 e. The molecule has 3 nitrogen and oxygen atoms in total. The second-order valence-electron chi connectivity index (χ2n) is 4.89. The molecule has 1 atom stereocenters. The molecular weight excluding hydrogens is 323 g/mol. The third-order valence-electron chi connectivity index (χ3n) is 3.41. The summed E-state index contributed by atoms with van der Waals surface area (Å²) in [6, 6.07) is 4.71. The van der Waals surface area contributed by atoms with Crippen LogP contribution in [0.3, 0.4) is 0 Å². The lowest BCUT2D eigenvalue weighted by molar-refractivity contribution is 0.175. The molecule has 2 aromatic rings. The molecule has 1 aromatic heterocycles. The number of rotatable bonds is 4. The van der Waals surface area contributed by atoms with Crippen molar-refractivity contribution in [3.8, 4) is 0 Å². The summed E-state index contributed by atoms with van der Waals surface area (Å²) in [5.74, 6) is -0.253. The van der Waals surface area contributed by atoms with Crippen LogP contribution < -0.4 is 0 Å². The molecule has 5 heteroatoms. The predicted molar refractivity (Wildman–Crippen MR) is 80.1 cm³/mol. The zero-order valence-electron chi connectivity index (χ0n) is 11.8. The number of aliphatic hydroxyl groups is 1. The average molecular weight is 341 g/mol. The summed E-state index contributed by atoms with van der Waals surface area (Å²) in [7, 11) is 0. The van der Waals surface area contributed by atoms with Gasteiger partial charge in [-0.2, -0.15) is 5.10 Å². The second-order valence-corrected chi connectivity index (χ2v) is 5.68. The molecule has 1 heterocycles. The number of aliphatic hydroxyl groups excluding tert-OH is 1. The molecule has 0 aliphatic heterocycles.